The molecule has 1 aliphatic carbocycles. The molecule has 0 bridgehead atoms. The first-order chi connectivity index (χ1) is 8.85. The van der Waals surface area contributed by atoms with Crippen LogP contribution in [-0.4, -0.2) is 49.8 Å². The molecule has 0 radical (unpaired) electrons. The Kier molecular flexibility index (Phi) is 5.93. The molecule has 3 nitrogen and oxygen atoms in total. The Balaban J connectivity index is 1.91. The minimum absolute atomic E-state index is 0.504. The number of rotatable bonds is 4. The van der Waals surface area contributed by atoms with E-state index in [-0.39, 0.29) is 0 Å². The number of methoxy groups -OCH3 is 1. The first kappa shape index (κ1) is 14.3. The molecule has 2 rings (SSSR count). The van der Waals surface area contributed by atoms with Crippen LogP contribution in [0.4, 0.5) is 0 Å². The second kappa shape index (κ2) is 7.46. The van der Waals surface area contributed by atoms with Crippen LogP contribution in [0.5, 0.6) is 0 Å². The zero-order valence-corrected chi connectivity index (χ0v) is 12.2. The average Bonchev–Trinajstić information content (AvgIpc) is 2.65. The zero-order chi connectivity index (χ0) is 12.8. The topological polar surface area (TPSA) is 24.5 Å². The third kappa shape index (κ3) is 3.69. The van der Waals surface area contributed by atoms with Crippen molar-refractivity contribution >= 4 is 0 Å². The Morgan fingerprint density at radius 2 is 1.78 bits per heavy atom. The number of likely N-dealkylation sites (tertiary alicyclic amines) is 1. The summed E-state index contributed by atoms with van der Waals surface area (Å²) in [6.45, 7) is 5.80. The molecule has 2 fully saturated rings. The summed E-state index contributed by atoms with van der Waals surface area (Å²) < 4.78 is 5.48. The van der Waals surface area contributed by atoms with E-state index in [0.29, 0.717) is 6.10 Å². The van der Waals surface area contributed by atoms with Crippen molar-refractivity contribution < 1.29 is 4.74 Å². The maximum absolute atomic E-state index is 5.48. The third-order valence-electron chi connectivity index (χ3n) is 4.72. The van der Waals surface area contributed by atoms with Crippen LogP contribution in [0, 0.1) is 0 Å². The summed E-state index contributed by atoms with van der Waals surface area (Å²) in [4.78, 5) is 2.73. The van der Waals surface area contributed by atoms with Gasteiger partial charge < -0.3 is 10.1 Å². The minimum atomic E-state index is 0.504. The van der Waals surface area contributed by atoms with Crippen molar-refractivity contribution in [1.82, 2.24) is 10.2 Å². The molecule has 1 N–H and O–H groups in total. The monoisotopic (exact) mass is 254 g/mol. The zero-order valence-electron chi connectivity index (χ0n) is 12.2. The molecule has 0 amide bonds. The van der Waals surface area contributed by atoms with Gasteiger partial charge in [-0.05, 0) is 32.2 Å². The fourth-order valence-electron chi connectivity index (χ4n) is 3.67. The standard InChI is InChI=1S/C15H30N2O/c1-3-16-14-7-5-4-6-8-15(14)17-11-9-13(18-2)10-12-17/h13-16H,3-12H2,1-2H3. The van der Waals surface area contributed by atoms with Gasteiger partial charge in [0.15, 0.2) is 0 Å². The van der Waals surface area contributed by atoms with Crippen LogP contribution in [0.2, 0.25) is 0 Å². The van der Waals surface area contributed by atoms with Gasteiger partial charge in [-0.15, -0.1) is 0 Å². The Morgan fingerprint density at radius 3 is 2.44 bits per heavy atom. The van der Waals surface area contributed by atoms with Gasteiger partial charge in [0.25, 0.3) is 0 Å². The minimum Gasteiger partial charge on any atom is -0.381 e. The van der Waals surface area contributed by atoms with Crippen molar-refractivity contribution in [1.29, 1.82) is 0 Å². The fraction of sp³-hybridized carbons (Fsp3) is 1.00. The summed E-state index contributed by atoms with van der Waals surface area (Å²) >= 11 is 0. The van der Waals surface area contributed by atoms with Crippen molar-refractivity contribution in [3.63, 3.8) is 0 Å². The van der Waals surface area contributed by atoms with Crippen molar-refractivity contribution in [3.05, 3.63) is 0 Å². The Bertz CT molecular complexity index is 227. The van der Waals surface area contributed by atoms with Gasteiger partial charge >= 0.3 is 0 Å². The highest BCUT2D eigenvalue weighted by Gasteiger charge is 2.30. The number of nitrogens with zero attached hydrogens (tertiary/aromatic N) is 1. The van der Waals surface area contributed by atoms with Crippen LogP contribution in [0.15, 0.2) is 0 Å². The predicted molar refractivity (Wildman–Crippen MR) is 75.9 cm³/mol. The molecule has 0 aromatic rings. The molecule has 3 heteroatoms. The number of hydrogen-bond donors (Lipinski definition) is 1. The summed E-state index contributed by atoms with van der Waals surface area (Å²) in [7, 11) is 1.85. The normalized spacial score (nSPS) is 32.3. The summed E-state index contributed by atoms with van der Waals surface area (Å²) in [5.41, 5.74) is 0. The fourth-order valence-corrected chi connectivity index (χ4v) is 3.67. The molecule has 1 saturated heterocycles. The average molecular weight is 254 g/mol. The second-order valence-electron chi connectivity index (χ2n) is 5.84. The lowest BCUT2D eigenvalue weighted by Gasteiger charge is -2.40. The first-order valence-electron chi connectivity index (χ1n) is 7.85. The molecule has 2 unspecified atom stereocenters. The number of hydrogen-bond acceptors (Lipinski definition) is 3. The highest BCUT2D eigenvalue weighted by Crippen LogP contribution is 2.25. The highest BCUT2D eigenvalue weighted by atomic mass is 16.5. The molecule has 1 saturated carbocycles. The van der Waals surface area contributed by atoms with E-state index < -0.39 is 0 Å². The van der Waals surface area contributed by atoms with Crippen molar-refractivity contribution in [2.75, 3.05) is 26.7 Å². The van der Waals surface area contributed by atoms with Gasteiger partial charge in [0.2, 0.25) is 0 Å². The van der Waals surface area contributed by atoms with E-state index in [2.05, 4.69) is 17.1 Å². The van der Waals surface area contributed by atoms with Gasteiger partial charge in [0, 0.05) is 32.3 Å². The molecule has 106 valence electrons. The Labute approximate surface area is 112 Å². The lowest BCUT2D eigenvalue weighted by molar-refractivity contribution is 0.0193. The molecule has 0 spiro atoms. The van der Waals surface area contributed by atoms with E-state index in [1.165, 1.54) is 58.0 Å². The molecule has 1 aliphatic heterocycles. The van der Waals surface area contributed by atoms with Gasteiger partial charge in [-0.25, -0.2) is 0 Å². The molecule has 0 aromatic carbocycles. The lowest BCUT2D eigenvalue weighted by atomic mass is 9.97. The van der Waals surface area contributed by atoms with Gasteiger partial charge in [0.1, 0.15) is 0 Å². The molecule has 2 aliphatic rings. The van der Waals surface area contributed by atoms with Crippen LogP contribution in [0.25, 0.3) is 0 Å². The van der Waals surface area contributed by atoms with Crippen LogP contribution in [0.3, 0.4) is 0 Å². The third-order valence-corrected chi connectivity index (χ3v) is 4.72. The van der Waals surface area contributed by atoms with E-state index >= 15 is 0 Å². The number of piperidine rings is 1. The molecule has 2 atom stereocenters. The van der Waals surface area contributed by atoms with E-state index in [9.17, 15) is 0 Å². The number of likely N-dealkylation sites (N-methyl/N-ethyl adjacent to an activating group) is 1. The quantitative estimate of drug-likeness (QED) is 0.780. The van der Waals surface area contributed by atoms with E-state index in [1.54, 1.807) is 0 Å². The molecular formula is C15H30N2O. The van der Waals surface area contributed by atoms with Crippen molar-refractivity contribution in [3.8, 4) is 0 Å². The van der Waals surface area contributed by atoms with Crippen LogP contribution in [0.1, 0.15) is 51.9 Å². The van der Waals surface area contributed by atoms with E-state index in [0.717, 1.165) is 18.6 Å². The Morgan fingerprint density at radius 1 is 1.06 bits per heavy atom. The molecular weight excluding hydrogens is 224 g/mol. The maximum atomic E-state index is 5.48. The molecule has 1 heterocycles. The van der Waals surface area contributed by atoms with Crippen LogP contribution in [-0.2, 0) is 4.74 Å². The van der Waals surface area contributed by atoms with Gasteiger partial charge in [-0.3, -0.25) is 4.90 Å². The number of ether oxygens (including phenoxy) is 1. The summed E-state index contributed by atoms with van der Waals surface area (Å²) in [6, 6.07) is 1.49. The summed E-state index contributed by atoms with van der Waals surface area (Å²) in [5, 5.41) is 3.72. The van der Waals surface area contributed by atoms with Crippen molar-refractivity contribution in [2.45, 2.75) is 70.1 Å². The van der Waals surface area contributed by atoms with Gasteiger partial charge in [0.05, 0.1) is 6.10 Å². The highest BCUT2D eigenvalue weighted by molar-refractivity contribution is 4.89. The largest absolute Gasteiger partial charge is 0.381 e. The molecule has 0 aromatic heterocycles. The van der Waals surface area contributed by atoms with E-state index in [4.69, 9.17) is 4.74 Å². The summed E-state index contributed by atoms with van der Waals surface area (Å²) in [5.74, 6) is 0. The number of nitrogens with one attached hydrogen (secondary N) is 1. The lowest BCUT2D eigenvalue weighted by Crippen LogP contribution is -2.52. The predicted octanol–water partition coefficient (Wildman–Crippen LogP) is 2.41. The smallest absolute Gasteiger partial charge is 0.0595 e. The van der Waals surface area contributed by atoms with E-state index in [1.807, 2.05) is 7.11 Å². The van der Waals surface area contributed by atoms with Crippen LogP contribution >= 0.6 is 0 Å². The molecule has 18 heavy (non-hydrogen) atoms. The maximum Gasteiger partial charge on any atom is 0.0595 e. The first-order valence-corrected chi connectivity index (χ1v) is 7.85. The SMILES string of the molecule is CCNC1CCCCCC1N1CCC(OC)CC1. The van der Waals surface area contributed by atoms with Crippen LogP contribution < -0.4 is 5.32 Å². The second-order valence-corrected chi connectivity index (χ2v) is 5.84. The van der Waals surface area contributed by atoms with Gasteiger partial charge in [-0.1, -0.05) is 26.2 Å². The van der Waals surface area contributed by atoms with Gasteiger partial charge in [-0.2, -0.15) is 0 Å². The van der Waals surface area contributed by atoms with Crippen molar-refractivity contribution in [2.24, 2.45) is 0 Å². The Hall–Kier alpha value is -0.120. The summed E-state index contributed by atoms with van der Waals surface area (Å²) in [6.07, 6.45) is 9.92.